The molecule has 3 nitrogen and oxygen atoms in total. The van der Waals surface area contributed by atoms with Crippen molar-refractivity contribution in [3.63, 3.8) is 0 Å². The van der Waals surface area contributed by atoms with Crippen LogP contribution in [0.15, 0.2) is 42.5 Å². The molecule has 3 aromatic rings. The van der Waals surface area contributed by atoms with Crippen molar-refractivity contribution >= 4 is 39.9 Å². The molecule has 0 atom stereocenters. The SMILES string of the molecule is Clc1ccc(-c2nc(NC3CC3)c3ccc(Cl)cc3n2)cc1. The summed E-state index contributed by atoms with van der Waals surface area (Å²) < 4.78 is 0. The molecule has 0 spiro atoms. The first kappa shape index (κ1) is 13.8. The lowest BCUT2D eigenvalue weighted by Crippen LogP contribution is -2.05. The molecule has 0 aliphatic heterocycles. The number of nitrogens with one attached hydrogen (secondary N) is 1. The number of anilines is 1. The van der Waals surface area contributed by atoms with Gasteiger partial charge in [-0.2, -0.15) is 0 Å². The van der Waals surface area contributed by atoms with E-state index in [9.17, 15) is 0 Å². The highest BCUT2D eigenvalue weighted by molar-refractivity contribution is 6.31. The van der Waals surface area contributed by atoms with E-state index in [4.69, 9.17) is 28.2 Å². The van der Waals surface area contributed by atoms with Crippen LogP contribution in [-0.2, 0) is 0 Å². The summed E-state index contributed by atoms with van der Waals surface area (Å²) in [6.07, 6.45) is 2.38. The summed E-state index contributed by atoms with van der Waals surface area (Å²) in [5, 5.41) is 5.84. The van der Waals surface area contributed by atoms with Gasteiger partial charge in [-0.3, -0.25) is 0 Å². The zero-order chi connectivity index (χ0) is 15.1. The maximum atomic E-state index is 6.11. The van der Waals surface area contributed by atoms with Gasteiger partial charge in [-0.05, 0) is 55.3 Å². The van der Waals surface area contributed by atoms with E-state index in [1.165, 1.54) is 12.8 Å². The van der Waals surface area contributed by atoms with Gasteiger partial charge in [0.15, 0.2) is 5.82 Å². The normalized spacial score (nSPS) is 14.3. The van der Waals surface area contributed by atoms with E-state index in [1.54, 1.807) is 0 Å². The molecular formula is C17H13Cl2N3. The van der Waals surface area contributed by atoms with E-state index in [1.807, 2.05) is 42.5 Å². The monoisotopic (exact) mass is 329 g/mol. The summed E-state index contributed by atoms with van der Waals surface area (Å²) in [4.78, 5) is 9.35. The van der Waals surface area contributed by atoms with Crippen LogP contribution < -0.4 is 5.32 Å². The lowest BCUT2D eigenvalue weighted by atomic mass is 10.2. The molecule has 0 amide bonds. The first-order chi connectivity index (χ1) is 10.7. The minimum atomic E-state index is 0.520. The molecule has 0 unspecified atom stereocenters. The van der Waals surface area contributed by atoms with Gasteiger partial charge in [0.1, 0.15) is 5.82 Å². The number of fused-ring (bicyclic) bond motifs is 1. The molecule has 4 rings (SSSR count). The minimum absolute atomic E-state index is 0.520. The average Bonchev–Trinajstić information content (AvgIpc) is 3.31. The molecule has 0 saturated heterocycles. The lowest BCUT2D eigenvalue weighted by molar-refractivity contribution is 1.11. The van der Waals surface area contributed by atoms with Crippen LogP contribution in [0.2, 0.25) is 10.0 Å². The number of hydrogen-bond acceptors (Lipinski definition) is 3. The molecule has 5 heteroatoms. The number of halogens is 2. The predicted molar refractivity (Wildman–Crippen MR) is 91.6 cm³/mol. The highest BCUT2D eigenvalue weighted by Crippen LogP contribution is 2.31. The highest BCUT2D eigenvalue weighted by Gasteiger charge is 2.23. The Labute approximate surface area is 138 Å². The van der Waals surface area contributed by atoms with Crippen molar-refractivity contribution in [2.24, 2.45) is 0 Å². The third-order valence-electron chi connectivity index (χ3n) is 3.68. The van der Waals surface area contributed by atoms with Crippen LogP contribution in [0.25, 0.3) is 22.3 Å². The van der Waals surface area contributed by atoms with Crippen LogP contribution in [-0.4, -0.2) is 16.0 Å². The number of aromatic nitrogens is 2. The van der Waals surface area contributed by atoms with Crippen molar-refractivity contribution in [1.82, 2.24) is 9.97 Å². The van der Waals surface area contributed by atoms with E-state index in [0.29, 0.717) is 21.9 Å². The van der Waals surface area contributed by atoms with Gasteiger partial charge in [-0.25, -0.2) is 9.97 Å². The molecule has 1 fully saturated rings. The van der Waals surface area contributed by atoms with Gasteiger partial charge >= 0.3 is 0 Å². The fourth-order valence-corrected chi connectivity index (χ4v) is 2.65. The minimum Gasteiger partial charge on any atom is -0.367 e. The summed E-state index contributed by atoms with van der Waals surface area (Å²) in [6.45, 7) is 0. The van der Waals surface area contributed by atoms with Crippen molar-refractivity contribution < 1.29 is 0 Å². The van der Waals surface area contributed by atoms with Gasteiger partial charge in [-0.15, -0.1) is 0 Å². The summed E-state index contributed by atoms with van der Waals surface area (Å²) in [7, 11) is 0. The first-order valence-corrected chi connectivity index (χ1v) is 7.94. The van der Waals surface area contributed by atoms with Crippen LogP contribution in [0.4, 0.5) is 5.82 Å². The third kappa shape index (κ3) is 2.74. The second-order valence-corrected chi connectivity index (χ2v) is 6.36. The van der Waals surface area contributed by atoms with Gasteiger partial charge in [-0.1, -0.05) is 23.2 Å². The number of rotatable bonds is 3. The molecule has 1 aliphatic carbocycles. The Kier molecular flexibility index (Phi) is 3.40. The Bertz CT molecular complexity index is 842. The second-order valence-electron chi connectivity index (χ2n) is 5.48. The number of hydrogen-bond donors (Lipinski definition) is 1. The standard InChI is InChI=1S/C17H13Cl2N3/c18-11-3-1-10(2-4-11)16-21-15-9-12(19)5-8-14(15)17(22-16)20-13-6-7-13/h1-5,8-9,13H,6-7H2,(H,20,21,22). The van der Waals surface area contributed by atoms with E-state index in [-0.39, 0.29) is 0 Å². The Hall–Kier alpha value is -1.84. The fraction of sp³-hybridized carbons (Fsp3) is 0.176. The number of benzene rings is 2. The molecule has 1 saturated carbocycles. The molecule has 1 heterocycles. The fourth-order valence-electron chi connectivity index (χ4n) is 2.36. The summed E-state index contributed by atoms with van der Waals surface area (Å²) in [6, 6.07) is 13.8. The Morgan fingerprint density at radius 3 is 2.36 bits per heavy atom. The zero-order valence-electron chi connectivity index (χ0n) is 11.7. The van der Waals surface area contributed by atoms with Crippen LogP contribution in [0.3, 0.4) is 0 Å². The topological polar surface area (TPSA) is 37.8 Å². The molecule has 0 bridgehead atoms. The maximum absolute atomic E-state index is 6.11. The van der Waals surface area contributed by atoms with Crippen molar-refractivity contribution in [1.29, 1.82) is 0 Å². The summed E-state index contributed by atoms with van der Waals surface area (Å²) in [5.41, 5.74) is 1.78. The zero-order valence-corrected chi connectivity index (χ0v) is 13.2. The van der Waals surface area contributed by atoms with Crippen molar-refractivity contribution in [3.8, 4) is 11.4 Å². The van der Waals surface area contributed by atoms with Gasteiger partial charge in [0.05, 0.1) is 5.52 Å². The largest absolute Gasteiger partial charge is 0.367 e. The Morgan fingerprint density at radius 1 is 0.909 bits per heavy atom. The smallest absolute Gasteiger partial charge is 0.162 e. The van der Waals surface area contributed by atoms with Gasteiger partial charge in [0, 0.05) is 27.0 Å². The number of nitrogens with zero attached hydrogens (tertiary/aromatic N) is 2. The third-order valence-corrected chi connectivity index (χ3v) is 4.17. The first-order valence-electron chi connectivity index (χ1n) is 7.19. The average molecular weight is 330 g/mol. The van der Waals surface area contributed by atoms with E-state index in [0.717, 1.165) is 22.3 Å². The maximum Gasteiger partial charge on any atom is 0.162 e. The molecule has 110 valence electrons. The molecule has 22 heavy (non-hydrogen) atoms. The molecule has 0 radical (unpaired) electrons. The van der Waals surface area contributed by atoms with Gasteiger partial charge in [0.2, 0.25) is 0 Å². The van der Waals surface area contributed by atoms with Crippen molar-refractivity contribution in [2.75, 3.05) is 5.32 Å². The molecule has 1 aliphatic rings. The van der Waals surface area contributed by atoms with Crippen molar-refractivity contribution in [2.45, 2.75) is 18.9 Å². The van der Waals surface area contributed by atoms with Crippen LogP contribution in [0.1, 0.15) is 12.8 Å². The summed E-state index contributed by atoms with van der Waals surface area (Å²) >= 11 is 12.1. The van der Waals surface area contributed by atoms with Crippen LogP contribution in [0.5, 0.6) is 0 Å². The predicted octanol–water partition coefficient (Wildman–Crippen LogP) is 5.18. The van der Waals surface area contributed by atoms with E-state index < -0.39 is 0 Å². The van der Waals surface area contributed by atoms with Gasteiger partial charge < -0.3 is 5.32 Å². The Morgan fingerprint density at radius 2 is 1.64 bits per heavy atom. The molecular weight excluding hydrogens is 317 g/mol. The molecule has 1 aromatic heterocycles. The van der Waals surface area contributed by atoms with E-state index >= 15 is 0 Å². The van der Waals surface area contributed by atoms with Crippen LogP contribution >= 0.6 is 23.2 Å². The second kappa shape index (κ2) is 5.41. The quantitative estimate of drug-likeness (QED) is 0.719. The molecule has 2 aromatic carbocycles. The Balaban J connectivity index is 1.88. The van der Waals surface area contributed by atoms with Crippen LogP contribution in [0, 0.1) is 0 Å². The lowest BCUT2D eigenvalue weighted by Gasteiger charge is -2.10. The molecule has 1 N–H and O–H groups in total. The summed E-state index contributed by atoms with van der Waals surface area (Å²) in [5.74, 6) is 1.55. The van der Waals surface area contributed by atoms with E-state index in [2.05, 4.69) is 10.3 Å². The van der Waals surface area contributed by atoms with Gasteiger partial charge in [0.25, 0.3) is 0 Å². The highest BCUT2D eigenvalue weighted by atomic mass is 35.5. The van der Waals surface area contributed by atoms with Crippen molar-refractivity contribution in [3.05, 3.63) is 52.5 Å².